The minimum atomic E-state index is -0.918. The number of aliphatic carboxylic acids is 1. The normalized spacial score (nSPS) is 23.6. The molecule has 1 fully saturated rings. The van der Waals surface area contributed by atoms with Gasteiger partial charge in [0.2, 0.25) is 5.91 Å². The third-order valence-electron chi connectivity index (χ3n) is 3.47. The van der Waals surface area contributed by atoms with Gasteiger partial charge in [0.15, 0.2) is 0 Å². The summed E-state index contributed by atoms with van der Waals surface area (Å²) in [4.78, 5) is 25.3. The Morgan fingerprint density at radius 1 is 1.50 bits per heavy atom. The predicted molar refractivity (Wildman–Crippen MR) is 78.7 cm³/mol. The highest BCUT2D eigenvalue weighted by Gasteiger charge is 2.40. The number of amides is 1. The fourth-order valence-corrected chi connectivity index (χ4v) is 2.84. The van der Waals surface area contributed by atoms with Crippen molar-refractivity contribution in [3.05, 3.63) is 0 Å². The van der Waals surface area contributed by atoms with Gasteiger partial charge in [0.05, 0.1) is 25.3 Å². The molecule has 1 aliphatic heterocycles. The molecule has 0 aromatic heterocycles. The van der Waals surface area contributed by atoms with E-state index < -0.39 is 24.0 Å². The van der Waals surface area contributed by atoms with E-state index in [0.29, 0.717) is 13.0 Å². The van der Waals surface area contributed by atoms with Crippen LogP contribution in [-0.4, -0.2) is 65.7 Å². The van der Waals surface area contributed by atoms with Gasteiger partial charge in [0.1, 0.15) is 5.92 Å². The number of hydrogen-bond donors (Lipinski definition) is 2. The van der Waals surface area contributed by atoms with Gasteiger partial charge in [-0.1, -0.05) is 6.92 Å². The van der Waals surface area contributed by atoms with E-state index in [9.17, 15) is 14.7 Å². The van der Waals surface area contributed by atoms with Crippen LogP contribution in [0.3, 0.4) is 0 Å². The lowest BCUT2D eigenvalue weighted by Gasteiger charge is -2.32. The third kappa shape index (κ3) is 4.36. The molecular formula is C13H24N2O4S. The summed E-state index contributed by atoms with van der Waals surface area (Å²) < 4.78 is 5.25. The second-order valence-electron chi connectivity index (χ2n) is 4.97. The molecule has 116 valence electrons. The highest BCUT2D eigenvalue weighted by molar-refractivity contribution is 7.98. The van der Waals surface area contributed by atoms with E-state index in [-0.39, 0.29) is 19.1 Å². The predicted octanol–water partition coefficient (Wildman–Crippen LogP) is 0.405. The molecule has 0 spiro atoms. The van der Waals surface area contributed by atoms with Crippen molar-refractivity contribution in [2.24, 2.45) is 11.7 Å². The molecule has 20 heavy (non-hydrogen) atoms. The van der Waals surface area contributed by atoms with Crippen molar-refractivity contribution in [2.45, 2.75) is 31.8 Å². The number of hydrogen-bond acceptors (Lipinski definition) is 5. The summed E-state index contributed by atoms with van der Waals surface area (Å²) in [7, 11) is 0. The summed E-state index contributed by atoms with van der Waals surface area (Å²) in [5, 5.41) is 9.21. The molecule has 7 heteroatoms. The lowest BCUT2D eigenvalue weighted by atomic mass is 10.0. The van der Waals surface area contributed by atoms with Gasteiger partial charge in [0, 0.05) is 6.54 Å². The van der Waals surface area contributed by atoms with Gasteiger partial charge >= 0.3 is 5.97 Å². The topological polar surface area (TPSA) is 92.9 Å². The molecule has 2 unspecified atom stereocenters. The molecule has 3 atom stereocenters. The number of carboxylic acid groups (broad SMARTS) is 1. The van der Waals surface area contributed by atoms with Gasteiger partial charge in [0.25, 0.3) is 0 Å². The van der Waals surface area contributed by atoms with Crippen LogP contribution in [0.2, 0.25) is 0 Å². The highest BCUT2D eigenvalue weighted by Crippen LogP contribution is 2.21. The summed E-state index contributed by atoms with van der Waals surface area (Å²) in [5.74, 6) is -0.920. The molecule has 0 aromatic carbocycles. The van der Waals surface area contributed by atoms with Crippen molar-refractivity contribution in [1.29, 1.82) is 0 Å². The van der Waals surface area contributed by atoms with Crippen LogP contribution in [0.25, 0.3) is 0 Å². The molecule has 1 heterocycles. The molecule has 1 amide bonds. The molecule has 3 N–H and O–H groups in total. The molecule has 0 saturated carbocycles. The van der Waals surface area contributed by atoms with Gasteiger partial charge in [-0.25, -0.2) is 0 Å². The third-order valence-corrected chi connectivity index (χ3v) is 4.11. The molecule has 1 aliphatic rings. The van der Waals surface area contributed by atoms with Crippen molar-refractivity contribution < 1.29 is 19.4 Å². The van der Waals surface area contributed by atoms with E-state index in [4.69, 9.17) is 10.5 Å². The minimum Gasteiger partial charge on any atom is -0.481 e. The zero-order valence-corrected chi connectivity index (χ0v) is 12.9. The smallest absolute Gasteiger partial charge is 0.311 e. The molecule has 1 saturated heterocycles. The number of nitrogens with zero attached hydrogens (tertiary/aromatic N) is 1. The average molecular weight is 304 g/mol. The largest absolute Gasteiger partial charge is 0.481 e. The van der Waals surface area contributed by atoms with Crippen LogP contribution in [-0.2, 0) is 14.3 Å². The Bertz CT molecular complexity index is 340. The van der Waals surface area contributed by atoms with E-state index in [1.165, 1.54) is 0 Å². The van der Waals surface area contributed by atoms with Crippen molar-refractivity contribution in [3.8, 4) is 0 Å². The van der Waals surface area contributed by atoms with Crippen LogP contribution >= 0.6 is 11.8 Å². The number of rotatable bonds is 8. The quantitative estimate of drug-likeness (QED) is 0.674. The van der Waals surface area contributed by atoms with Crippen LogP contribution < -0.4 is 5.73 Å². The number of carbonyl (C=O) groups is 2. The van der Waals surface area contributed by atoms with E-state index in [2.05, 4.69) is 0 Å². The Kier molecular flexibility index (Phi) is 7.32. The fraction of sp³-hybridized carbons (Fsp3) is 0.846. The van der Waals surface area contributed by atoms with E-state index >= 15 is 0 Å². The first-order valence-electron chi connectivity index (χ1n) is 6.88. The molecule has 0 radical (unpaired) electrons. The molecule has 1 rings (SSSR count). The van der Waals surface area contributed by atoms with Crippen LogP contribution in [0.15, 0.2) is 0 Å². The Morgan fingerprint density at radius 2 is 2.20 bits per heavy atom. The Hall–Kier alpha value is -0.790. The second-order valence-corrected chi connectivity index (χ2v) is 5.95. The maximum Gasteiger partial charge on any atom is 0.311 e. The van der Waals surface area contributed by atoms with Gasteiger partial charge < -0.3 is 20.5 Å². The van der Waals surface area contributed by atoms with Crippen molar-refractivity contribution in [3.63, 3.8) is 0 Å². The standard InChI is InChI=1S/C13H24N2O4S/c1-3-5-15(12(16)10(14)4-6-20-2)11-8-19-7-9(11)13(17)18/h9-11H,3-8,14H2,1-2H3,(H,17,18)/t9?,10-,11?/m0/s1. The average Bonchev–Trinajstić information content (AvgIpc) is 2.90. The molecular weight excluding hydrogens is 280 g/mol. The first kappa shape index (κ1) is 17.3. The molecule has 0 aromatic rings. The van der Waals surface area contributed by atoms with Crippen LogP contribution in [0.4, 0.5) is 0 Å². The summed E-state index contributed by atoms with van der Waals surface area (Å²) in [6.07, 6.45) is 3.33. The van der Waals surface area contributed by atoms with Crippen LogP contribution in [0, 0.1) is 5.92 Å². The zero-order valence-electron chi connectivity index (χ0n) is 12.1. The summed E-state index contributed by atoms with van der Waals surface area (Å²) in [5.41, 5.74) is 5.93. The van der Waals surface area contributed by atoms with Gasteiger partial charge in [-0.3, -0.25) is 9.59 Å². The monoisotopic (exact) mass is 304 g/mol. The number of carbonyl (C=O) groups excluding carboxylic acids is 1. The maximum atomic E-state index is 12.4. The lowest BCUT2D eigenvalue weighted by Crippen LogP contribution is -2.52. The number of ether oxygens (including phenoxy) is 1. The van der Waals surface area contributed by atoms with E-state index in [1.807, 2.05) is 13.2 Å². The molecule has 0 aliphatic carbocycles. The first-order chi connectivity index (χ1) is 9.52. The number of nitrogens with two attached hydrogens (primary N) is 1. The number of carboxylic acids is 1. The summed E-state index contributed by atoms with van der Waals surface area (Å²) in [6, 6.07) is -0.968. The number of thioether (sulfide) groups is 1. The van der Waals surface area contributed by atoms with Crippen LogP contribution in [0.5, 0.6) is 0 Å². The van der Waals surface area contributed by atoms with Gasteiger partial charge in [-0.05, 0) is 24.9 Å². The Labute approximate surface area is 124 Å². The van der Waals surface area contributed by atoms with Gasteiger partial charge in [-0.2, -0.15) is 11.8 Å². The van der Waals surface area contributed by atoms with E-state index in [1.54, 1.807) is 16.7 Å². The Morgan fingerprint density at radius 3 is 2.75 bits per heavy atom. The first-order valence-corrected chi connectivity index (χ1v) is 8.27. The summed E-state index contributed by atoms with van der Waals surface area (Å²) >= 11 is 1.64. The Balaban J connectivity index is 2.76. The summed E-state index contributed by atoms with van der Waals surface area (Å²) in [6.45, 7) is 2.91. The zero-order chi connectivity index (χ0) is 15.1. The highest BCUT2D eigenvalue weighted by atomic mass is 32.2. The molecule has 0 bridgehead atoms. The van der Waals surface area contributed by atoms with E-state index in [0.717, 1.165) is 12.2 Å². The fourth-order valence-electron chi connectivity index (χ4n) is 2.35. The second kappa shape index (κ2) is 8.49. The van der Waals surface area contributed by atoms with Crippen molar-refractivity contribution in [1.82, 2.24) is 4.90 Å². The van der Waals surface area contributed by atoms with Crippen LogP contribution in [0.1, 0.15) is 19.8 Å². The lowest BCUT2D eigenvalue weighted by molar-refractivity contribution is -0.145. The van der Waals surface area contributed by atoms with Crippen molar-refractivity contribution in [2.75, 3.05) is 31.8 Å². The van der Waals surface area contributed by atoms with Crippen molar-refractivity contribution >= 4 is 23.6 Å². The SMILES string of the molecule is CCCN(C(=O)[C@@H](N)CCSC)C1COCC1C(=O)O. The molecule has 6 nitrogen and oxygen atoms in total. The minimum absolute atomic E-state index is 0.160. The maximum absolute atomic E-state index is 12.4. The van der Waals surface area contributed by atoms with Gasteiger partial charge in [-0.15, -0.1) is 0 Å².